The molecule has 1 aliphatic heterocycles. The standard InChI is InChI=1S/C22H29N3O5S/c1-25(30-3)31(27,28)21(24-20(26)18-11-7-8-12-19(18)29-2)22(13-15-23-16-14-22)17-9-5-4-6-10-17/h4-12,21,23H,13-16H2,1-3H3,(H,24,26). The Morgan fingerprint density at radius 1 is 1.06 bits per heavy atom. The second-order valence-electron chi connectivity index (χ2n) is 7.46. The summed E-state index contributed by atoms with van der Waals surface area (Å²) in [7, 11) is 0.0168. The zero-order valence-corrected chi connectivity index (χ0v) is 18.8. The van der Waals surface area contributed by atoms with Crippen molar-refractivity contribution >= 4 is 15.9 Å². The van der Waals surface area contributed by atoms with E-state index in [1.54, 1.807) is 24.3 Å². The van der Waals surface area contributed by atoms with Crippen molar-refractivity contribution in [2.45, 2.75) is 23.6 Å². The highest BCUT2D eigenvalue weighted by Crippen LogP contribution is 2.40. The summed E-state index contributed by atoms with van der Waals surface area (Å²) in [4.78, 5) is 18.3. The molecule has 168 valence electrons. The highest BCUT2D eigenvalue weighted by atomic mass is 32.2. The second-order valence-corrected chi connectivity index (χ2v) is 9.48. The number of carbonyl (C=O) groups excluding carboxylic acids is 1. The van der Waals surface area contributed by atoms with E-state index >= 15 is 0 Å². The fraction of sp³-hybridized carbons (Fsp3) is 0.409. The van der Waals surface area contributed by atoms with Crippen LogP contribution in [0.1, 0.15) is 28.8 Å². The lowest BCUT2D eigenvalue weighted by Gasteiger charge is -2.44. The molecule has 0 bridgehead atoms. The van der Waals surface area contributed by atoms with Gasteiger partial charge in [-0.05, 0) is 43.6 Å². The Morgan fingerprint density at radius 2 is 1.68 bits per heavy atom. The van der Waals surface area contributed by atoms with Crippen molar-refractivity contribution in [2.75, 3.05) is 34.4 Å². The van der Waals surface area contributed by atoms with Gasteiger partial charge in [-0.3, -0.25) is 9.63 Å². The number of nitrogens with one attached hydrogen (secondary N) is 2. The molecule has 8 nitrogen and oxygen atoms in total. The Morgan fingerprint density at radius 3 is 2.29 bits per heavy atom. The van der Waals surface area contributed by atoms with E-state index in [0.29, 0.717) is 31.7 Å². The predicted octanol–water partition coefficient (Wildman–Crippen LogP) is 1.90. The molecule has 1 amide bonds. The summed E-state index contributed by atoms with van der Waals surface area (Å²) in [5.41, 5.74) is 0.285. The van der Waals surface area contributed by atoms with Crippen LogP contribution in [0, 0.1) is 0 Å². The molecule has 1 fully saturated rings. The summed E-state index contributed by atoms with van der Waals surface area (Å²) in [5.74, 6) is -0.153. The molecule has 2 aromatic carbocycles. The number of para-hydroxylation sites is 1. The van der Waals surface area contributed by atoms with Crippen LogP contribution in [0.5, 0.6) is 5.75 Å². The van der Waals surface area contributed by atoms with Crippen LogP contribution in [-0.4, -0.2) is 58.5 Å². The van der Waals surface area contributed by atoms with Gasteiger partial charge in [0.1, 0.15) is 5.75 Å². The Bertz CT molecular complexity index is 991. The van der Waals surface area contributed by atoms with Crippen LogP contribution in [0.4, 0.5) is 0 Å². The Balaban J connectivity index is 2.13. The number of ether oxygens (including phenoxy) is 1. The van der Waals surface area contributed by atoms with Crippen molar-refractivity contribution in [1.82, 2.24) is 15.1 Å². The highest BCUT2D eigenvalue weighted by molar-refractivity contribution is 7.89. The molecule has 1 heterocycles. The number of amides is 1. The van der Waals surface area contributed by atoms with Gasteiger partial charge in [0.25, 0.3) is 15.9 Å². The van der Waals surface area contributed by atoms with Gasteiger partial charge in [-0.2, -0.15) is 0 Å². The lowest BCUT2D eigenvalue weighted by atomic mass is 9.72. The molecule has 9 heteroatoms. The van der Waals surface area contributed by atoms with E-state index in [4.69, 9.17) is 9.57 Å². The summed E-state index contributed by atoms with van der Waals surface area (Å²) in [6.45, 7) is 1.25. The largest absolute Gasteiger partial charge is 0.496 e. The van der Waals surface area contributed by atoms with Gasteiger partial charge in [0, 0.05) is 12.5 Å². The number of piperidine rings is 1. The molecule has 3 rings (SSSR count). The Kier molecular flexibility index (Phi) is 7.32. The zero-order chi connectivity index (χ0) is 22.5. The van der Waals surface area contributed by atoms with Crippen LogP contribution in [0.15, 0.2) is 54.6 Å². The zero-order valence-electron chi connectivity index (χ0n) is 18.0. The van der Waals surface area contributed by atoms with E-state index in [1.807, 2.05) is 30.3 Å². The maximum Gasteiger partial charge on any atom is 0.257 e. The Labute approximate surface area is 183 Å². The molecule has 0 aliphatic carbocycles. The third-order valence-corrected chi connectivity index (χ3v) is 7.90. The van der Waals surface area contributed by atoms with Crippen molar-refractivity contribution in [3.8, 4) is 5.75 Å². The van der Waals surface area contributed by atoms with E-state index in [2.05, 4.69) is 10.6 Å². The average molecular weight is 448 g/mol. The van der Waals surface area contributed by atoms with Gasteiger partial charge >= 0.3 is 0 Å². The monoisotopic (exact) mass is 447 g/mol. The number of rotatable bonds is 8. The number of nitrogens with zero attached hydrogens (tertiary/aromatic N) is 1. The van der Waals surface area contributed by atoms with Crippen LogP contribution in [-0.2, 0) is 20.3 Å². The fourth-order valence-electron chi connectivity index (χ4n) is 4.12. The smallest absolute Gasteiger partial charge is 0.257 e. The molecule has 0 spiro atoms. The van der Waals surface area contributed by atoms with Crippen LogP contribution < -0.4 is 15.4 Å². The van der Waals surface area contributed by atoms with E-state index in [9.17, 15) is 13.2 Å². The third kappa shape index (κ3) is 4.59. The molecular weight excluding hydrogens is 418 g/mol. The molecule has 2 aromatic rings. The maximum absolute atomic E-state index is 13.6. The van der Waals surface area contributed by atoms with Crippen LogP contribution in [0.3, 0.4) is 0 Å². The van der Waals surface area contributed by atoms with Gasteiger partial charge in [0.15, 0.2) is 5.37 Å². The Hall–Kier alpha value is -2.46. The van der Waals surface area contributed by atoms with Crippen LogP contribution in [0.25, 0.3) is 0 Å². The lowest BCUT2D eigenvalue weighted by Crippen LogP contribution is -2.60. The summed E-state index contributed by atoms with van der Waals surface area (Å²) in [6.07, 6.45) is 1.06. The van der Waals surface area contributed by atoms with Crippen molar-refractivity contribution < 1.29 is 22.8 Å². The first-order valence-corrected chi connectivity index (χ1v) is 11.6. The number of hydrogen-bond acceptors (Lipinski definition) is 6. The quantitative estimate of drug-likeness (QED) is 0.600. The van der Waals surface area contributed by atoms with E-state index < -0.39 is 26.7 Å². The van der Waals surface area contributed by atoms with Crippen molar-refractivity contribution in [1.29, 1.82) is 0 Å². The molecule has 1 unspecified atom stereocenters. The molecule has 1 atom stereocenters. The van der Waals surface area contributed by atoms with Crippen molar-refractivity contribution in [3.05, 3.63) is 65.7 Å². The van der Waals surface area contributed by atoms with Gasteiger partial charge in [0.2, 0.25) is 0 Å². The molecule has 2 N–H and O–H groups in total. The molecule has 0 saturated carbocycles. The highest BCUT2D eigenvalue weighted by Gasteiger charge is 2.50. The first-order chi connectivity index (χ1) is 14.9. The second kappa shape index (κ2) is 9.78. The van der Waals surface area contributed by atoms with Gasteiger partial charge in [0.05, 0.1) is 19.8 Å². The summed E-state index contributed by atoms with van der Waals surface area (Å²) >= 11 is 0. The number of sulfonamides is 1. The van der Waals surface area contributed by atoms with Gasteiger partial charge in [-0.15, -0.1) is 0 Å². The van der Waals surface area contributed by atoms with Crippen LogP contribution in [0.2, 0.25) is 0 Å². The van der Waals surface area contributed by atoms with Gasteiger partial charge in [-0.1, -0.05) is 46.9 Å². The van der Waals surface area contributed by atoms with E-state index in [-0.39, 0.29) is 5.56 Å². The number of benzene rings is 2. The van der Waals surface area contributed by atoms with Gasteiger partial charge < -0.3 is 15.4 Å². The summed E-state index contributed by atoms with van der Waals surface area (Å²) in [6, 6.07) is 16.2. The van der Waals surface area contributed by atoms with E-state index in [1.165, 1.54) is 21.3 Å². The normalized spacial score (nSPS) is 17.2. The number of methoxy groups -OCH3 is 1. The van der Waals surface area contributed by atoms with Crippen molar-refractivity contribution in [3.63, 3.8) is 0 Å². The third-order valence-electron chi connectivity index (χ3n) is 5.87. The topological polar surface area (TPSA) is 97.0 Å². The minimum atomic E-state index is -4.07. The lowest BCUT2D eigenvalue weighted by molar-refractivity contribution is -0.0284. The number of carbonyl (C=O) groups is 1. The summed E-state index contributed by atoms with van der Waals surface area (Å²) < 4.78 is 33.3. The predicted molar refractivity (Wildman–Crippen MR) is 118 cm³/mol. The first-order valence-electron chi connectivity index (χ1n) is 10.1. The van der Waals surface area contributed by atoms with Crippen LogP contribution >= 0.6 is 0 Å². The molecule has 0 aromatic heterocycles. The molecule has 1 saturated heterocycles. The minimum absolute atomic E-state index is 0.266. The number of hydrogen-bond donors (Lipinski definition) is 2. The number of hydroxylamine groups is 1. The minimum Gasteiger partial charge on any atom is -0.496 e. The average Bonchev–Trinajstić information content (AvgIpc) is 2.82. The molecule has 0 radical (unpaired) electrons. The molecule has 1 aliphatic rings. The SMILES string of the molecule is COc1ccccc1C(=O)NC(C1(c2ccccc2)CCNCC1)S(=O)(=O)N(C)OC. The van der Waals surface area contributed by atoms with E-state index in [0.717, 1.165) is 10.0 Å². The molecular formula is C22H29N3O5S. The fourth-order valence-corrected chi connectivity index (χ4v) is 5.83. The van der Waals surface area contributed by atoms with Crippen molar-refractivity contribution in [2.24, 2.45) is 0 Å². The summed E-state index contributed by atoms with van der Waals surface area (Å²) in [5, 5.41) is 4.86. The molecule has 31 heavy (non-hydrogen) atoms. The van der Waals surface area contributed by atoms with Gasteiger partial charge in [-0.25, -0.2) is 8.42 Å². The maximum atomic E-state index is 13.6. The first kappa shape index (κ1) is 23.2.